The number of para-hydroxylation sites is 1. The number of carbonyl (C=O) groups is 4. The van der Waals surface area contributed by atoms with Crippen LogP contribution >= 0.6 is 0 Å². The molecule has 1 fully saturated rings. The molecular weight excluding hydrogens is 390 g/mol. The summed E-state index contributed by atoms with van der Waals surface area (Å²) in [6.07, 6.45) is 0.260. The molecule has 9 heteroatoms. The SMILES string of the molecule is CC(C)N(C(=O)COC(=O)CN1C(=O)N[C@@]2(CCOc3ccccc32)C1=O)C(C)C. The van der Waals surface area contributed by atoms with Crippen LogP contribution < -0.4 is 10.1 Å². The molecule has 0 unspecified atom stereocenters. The van der Waals surface area contributed by atoms with Crippen molar-refractivity contribution in [2.75, 3.05) is 19.8 Å². The van der Waals surface area contributed by atoms with Crippen LogP contribution in [0.2, 0.25) is 0 Å². The average molecular weight is 417 g/mol. The zero-order valence-corrected chi connectivity index (χ0v) is 17.6. The second-order valence-electron chi connectivity index (χ2n) is 7.97. The van der Waals surface area contributed by atoms with Crippen molar-refractivity contribution in [2.24, 2.45) is 0 Å². The lowest BCUT2D eigenvalue weighted by molar-refractivity contribution is -0.155. The molecule has 1 aromatic carbocycles. The third-order valence-electron chi connectivity index (χ3n) is 5.30. The van der Waals surface area contributed by atoms with Crippen LogP contribution in [0.15, 0.2) is 24.3 Å². The minimum Gasteiger partial charge on any atom is -0.493 e. The number of esters is 1. The Morgan fingerprint density at radius 3 is 2.53 bits per heavy atom. The fourth-order valence-corrected chi connectivity index (χ4v) is 4.08. The Balaban J connectivity index is 1.67. The number of hydrogen-bond acceptors (Lipinski definition) is 6. The highest BCUT2D eigenvalue weighted by Gasteiger charge is 2.55. The maximum absolute atomic E-state index is 13.1. The number of fused-ring (bicyclic) bond motifs is 2. The molecule has 1 aromatic rings. The zero-order valence-electron chi connectivity index (χ0n) is 17.6. The van der Waals surface area contributed by atoms with Crippen LogP contribution in [0.5, 0.6) is 5.75 Å². The molecule has 1 saturated heterocycles. The Hall–Kier alpha value is -3.10. The highest BCUT2D eigenvalue weighted by Crippen LogP contribution is 2.40. The average Bonchev–Trinajstić information content (AvgIpc) is 2.91. The van der Waals surface area contributed by atoms with Gasteiger partial charge in [0.05, 0.1) is 6.61 Å². The first-order chi connectivity index (χ1) is 14.2. The first kappa shape index (κ1) is 21.6. The molecule has 0 aromatic heterocycles. The summed E-state index contributed by atoms with van der Waals surface area (Å²) < 4.78 is 10.6. The minimum atomic E-state index is -1.26. The number of nitrogens with one attached hydrogen (secondary N) is 1. The van der Waals surface area contributed by atoms with Crippen molar-refractivity contribution < 1.29 is 28.7 Å². The summed E-state index contributed by atoms with van der Waals surface area (Å²) in [6.45, 7) is 6.75. The Morgan fingerprint density at radius 1 is 1.20 bits per heavy atom. The van der Waals surface area contributed by atoms with Crippen molar-refractivity contribution in [3.63, 3.8) is 0 Å². The highest BCUT2D eigenvalue weighted by atomic mass is 16.5. The second kappa shape index (κ2) is 8.33. The number of urea groups is 1. The molecule has 1 atom stereocenters. The van der Waals surface area contributed by atoms with E-state index in [-0.39, 0.29) is 31.0 Å². The third-order valence-corrected chi connectivity index (χ3v) is 5.30. The number of nitrogens with zero attached hydrogens (tertiary/aromatic N) is 2. The summed E-state index contributed by atoms with van der Waals surface area (Å²) in [5.41, 5.74) is -0.696. The molecule has 0 aliphatic carbocycles. The maximum Gasteiger partial charge on any atom is 0.326 e. The number of hydrogen-bond donors (Lipinski definition) is 1. The number of imide groups is 1. The van der Waals surface area contributed by atoms with Gasteiger partial charge in [-0.15, -0.1) is 0 Å². The fourth-order valence-electron chi connectivity index (χ4n) is 4.08. The van der Waals surface area contributed by atoms with Gasteiger partial charge in [0.15, 0.2) is 12.1 Å². The van der Waals surface area contributed by atoms with Gasteiger partial charge in [-0.25, -0.2) is 4.79 Å². The summed E-state index contributed by atoms with van der Waals surface area (Å²) in [4.78, 5) is 52.7. The third kappa shape index (κ3) is 3.83. The van der Waals surface area contributed by atoms with Gasteiger partial charge in [-0.1, -0.05) is 18.2 Å². The van der Waals surface area contributed by atoms with Gasteiger partial charge in [0.2, 0.25) is 0 Å². The predicted molar refractivity (Wildman–Crippen MR) is 107 cm³/mol. The number of amides is 4. The standard InChI is InChI=1S/C21H27N3O6/c1-13(2)24(14(3)4)17(25)12-30-18(26)11-23-19(27)21(22-20(23)28)9-10-29-16-8-6-5-7-15(16)21/h5-8,13-14H,9-12H2,1-4H3,(H,22,28)/t21-/m1/s1. The molecule has 4 amide bonds. The smallest absolute Gasteiger partial charge is 0.326 e. The Kier molecular flexibility index (Phi) is 6.00. The van der Waals surface area contributed by atoms with E-state index in [1.165, 1.54) is 0 Å². The van der Waals surface area contributed by atoms with E-state index < -0.39 is 36.6 Å². The number of carbonyl (C=O) groups excluding carboxylic acids is 4. The van der Waals surface area contributed by atoms with E-state index in [1.54, 1.807) is 29.2 Å². The van der Waals surface area contributed by atoms with Crippen molar-refractivity contribution in [1.29, 1.82) is 0 Å². The molecule has 9 nitrogen and oxygen atoms in total. The van der Waals surface area contributed by atoms with Crippen molar-refractivity contribution in [1.82, 2.24) is 15.1 Å². The number of rotatable bonds is 6. The Morgan fingerprint density at radius 2 is 1.87 bits per heavy atom. The van der Waals surface area contributed by atoms with E-state index in [2.05, 4.69) is 5.32 Å². The lowest BCUT2D eigenvalue weighted by atomic mass is 9.84. The largest absolute Gasteiger partial charge is 0.493 e. The molecule has 1 spiro atoms. The number of ether oxygens (including phenoxy) is 2. The lowest BCUT2D eigenvalue weighted by Crippen LogP contribution is -2.48. The van der Waals surface area contributed by atoms with Crippen LogP contribution in [-0.2, 0) is 24.7 Å². The molecule has 2 aliphatic rings. The van der Waals surface area contributed by atoms with Gasteiger partial charge >= 0.3 is 12.0 Å². The summed E-state index contributed by atoms with van der Waals surface area (Å²) in [7, 11) is 0. The van der Waals surface area contributed by atoms with Gasteiger partial charge in [0.25, 0.3) is 11.8 Å². The quantitative estimate of drug-likeness (QED) is 0.554. The first-order valence-electron chi connectivity index (χ1n) is 10.0. The molecular formula is C21H27N3O6. The van der Waals surface area contributed by atoms with Crippen molar-refractivity contribution in [3.05, 3.63) is 29.8 Å². The van der Waals surface area contributed by atoms with Gasteiger partial charge in [0.1, 0.15) is 12.3 Å². The number of benzene rings is 1. The van der Waals surface area contributed by atoms with Gasteiger partial charge in [-0.2, -0.15) is 0 Å². The predicted octanol–water partition coefficient (Wildman–Crippen LogP) is 1.40. The van der Waals surface area contributed by atoms with E-state index in [4.69, 9.17) is 9.47 Å². The molecule has 3 rings (SSSR count). The van der Waals surface area contributed by atoms with Crippen molar-refractivity contribution >= 4 is 23.8 Å². The van der Waals surface area contributed by atoms with Gasteiger partial charge in [-0.05, 0) is 33.8 Å². The molecule has 0 bridgehead atoms. The maximum atomic E-state index is 13.1. The van der Waals surface area contributed by atoms with Crippen LogP contribution in [0.3, 0.4) is 0 Å². The molecule has 0 saturated carbocycles. The molecule has 162 valence electrons. The van der Waals surface area contributed by atoms with Crippen LogP contribution in [0, 0.1) is 0 Å². The zero-order chi connectivity index (χ0) is 22.1. The van der Waals surface area contributed by atoms with E-state index >= 15 is 0 Å². The monoisotopic (exact) mass is 417 g/mol. The summed E-state index contributed by atoms with van der Waals surface area (Å²) in [5, 5.41) is 2.72. The summed E-state index contributed by atoms with van der Waals surface area (Å²) in [6, 6.07) is 6.22. The van der Waals surface area contributed by atoms with E-state index in [9.17, 15) is 19.2 Å². The van der Waals surface area contributed by atoms with Gasteiger partial charge in [-0.3, -0.25) is 19.3 Å². The van der Waals surface area contributed by atoms with Crippen LogP contribution in [0.4, 0.5) is 4.79 Å². The van der Waals surface area contributed by atoms with Crippen LogP contribution in [-0.4, -0.2) is 65.5 Å². The normalized spacial score (nSPS) is 20.3. The molecule has 2 aliphatic heterocycles. The first-order valence-corrected chi connectivity index (χ1v) is 10.0. The second-order valence-corrected chi connectivity index (χ2v) is 7.97. The topological polar surface area (TPSA) is 105 Å². The van der Waals surface area contributed by atoms with E-state index in [1.807, 2.05) is 27.7 Å². The molecule has 0 radical (unpaired) electrons. The van der Waals surface area contributed by atoms with Crippen molar-refractivity contribution in [2.45, 2.75) is 51.7 Å². The van der Waals surface area contributed by atoms with Gasteiger partial charge < -0.3 is 19.7 Å². The summed E-state index contributed by atoms with van der Waals surface area (Å²) >= 11 is 0. The molecule has 2 heterocycles. The lowest BCUT2D eigenvalue weighted by Gasteiger charge is -2.33. The van der Waals surface area contributed by atoms with E-state index in [0.29, 0.717) is 11.3 Å². The summed E-state index contributed by atoms with van der Waals surface area (Å²) in [5.74, 6) is -1.16. The van der Waals surface area contributed by atoms with Crippen molar-refractivity contribution in [3.8, 4) is 5.75 Å². The fraction of sp³-hybridized carbons (Fsp3) is 0.524. The van der Waals surface area contributed by atoms with Crippen LogP contribution in [0.1, 0.15) is 39.7 Å². The van der Waals surface area contributed by atoms with Crippen LogP contribution in [0.25, 0.3) is 0 Å². The molecule has 30 heavy (non-hydrogen) atoms. The minimum absolute atomic E-state index is 0.0458. The Bertz CT molecular complexity index is 860. The highest BCUT2D eigenvalue weighted by molar-refractivity contribution is 6.09. The van der Waals surface area contributed by atoms with Gasteiger partial charge in [0, 0.05) is 24.1 Å². The molecule has 1 N–H and O–H groups in total. The van der Waals surface area contributed by atoms with E-state index in [0.717, 1.165) is 4.90 Å². The Labute approximate surface area is 175 Å².